The fraction of sp³-hybridized carbons (Fsp3) is 0.250. The summed E-state index contributed by atoms with van der Waals surface area (Å²) in [5.74, 6) is 0. The Labute approximate surface area is 78.4 Å². The molecule has 1 aliphatic rings. The van der Waals surface area contributed by atoms with Gasteiger partial charge in [-0.3, -0.25) is 0 Å². The first-order valence-corrected chi connectivity index (χ1v) is 4.50. The van der Waals surface area contributed by atoms with Crippen molar-refractivity contribution in [2.75, 3.05) is 6.61 Å². The molecule has 1 nitrogen and oxygen atoms in total. The minimum atomic E-state index is 0.282. The maximum atomic E-state index is 5.84. The summed E-state index contributed by atoms with van der Waals surface area (Å²) in [6.07, 6.45) is 0.282. The summed E-state index contributed by atoms with van der Waals surface area (Å²) < 4.78 is 6.13. The minimum Gasteiger partial charge on any atom is -0.368 e. The second-order valence-corrected chi connectivity index (χ2v) is 3.88. The first-order valence-electron chi connectivity index (χ1n) is 3.33. The van der Waals surface area contributed by atoms with Gasteiger partial charge in [0.15, 0.2) is 0 Å². The largest absolute Gasteiger partial charge is 0.368 e. The molecule has 0 radical (unpaired) electrons. The van der Waals surface area contributed by atoms with Gasteiger partial charge in [-0.25, -0.2) is 0 Å². The van der Waals surface area contributed by atoms with Gasteiger partial charge in [-0.2, -0.15) is 0 Å². The lowest BCUT2D eigenvalue weighted by atomic mass is 10.2. The number of benzene rings is 1. The Kier molecular flexibility index (Phi) is 1.91. The third kappa shape index (κ3) is 1.75. The zero-order valence-electron chi connectivity index (χ0n) is 5.68. The van der Waals surface area contributed by atoms with E-state index in [4.69, 9.17) is 16.3 Å². The summed E-state index contributed by atoms with van der Waals surface area (Å²) in [4.78, 5) is 0. The molecule has 1 aliphatic heterocycles. The van der Waals surface area contributed by atoms with E-state index in [0.717, 1.165) is 21.7 Å². The average molecular weight is 233 g/mol. The normalized spacial score (nSPS) is 21.8. The van der Waals surface area contributed by atoms with Gasteiger partial charge < -0.3 is 4.74 Å². The molecule has 3 heteroatoms. The summed E-state index contributed by atoms with van der Waals surface area (Å²) in [7, 11) is 0. The summed E-state index contributed by atoms with van der Waals surface area (Å²) in [6.45, 7) is 0.826. The topological polar surface area (TPSA) is 12.5 Å². The Morgan fingerprint density at radius 3 is 2.73 bits per heavy atom. The van der Waals surface area contributed by atoms with Crippen LogP contribution in [0.4, 0.5) is 0 Å². The van der Waals surface area contributed by atoms with Crippen molar-refractivity contribution in [2.45, 2.75) is 6.10 Å². The predicted molar refractivity (Wildman–Crippen MR) is 47.8 cm³/mol. The van der Waals surface area contributed by atoms with Crippen molar-refractivity contribution < 1.29 is 4.74 Å². The third-order valence-electron chi connectivity index (χ3n) is 1.59. The van der Waals surface area contributed by atoms with E-state index < -0.39 is 0 Å². The molecular formula is C8H6BrClO. The van der Waals surface area contributed by atoms with Crippen LogP contribution in [-0.4, -0.2) is 6.61 Å². The highest BCUT2D eigenvalue weighted by molar-refractivity contribution is 9.10. The fourth-order valence-corrected chi connectivity index (χ4v) is 1.89. The van der Waals surface area contributed by atoms with Gasteiger partial charge in [0.05, 0.1) is 6.61 Å². The average Bonchev–Trinajstić information content (AvgIpc) is 2.64. The molecule has 0 aliphatic carbocycles. The van der Waals surface area contributed by atoms with Crippen molar-refractivity contribution in [3.63, 3.8) is 0 Å². The van der Waals surface area contributed by atoms with Gasteiger partial charge in [0.1, 0.15) is 6.10 Å². The van der Waals surface area contributed by atoms with Crippen LogP contribution in [-0.2, 0) is 4.74 Å². The van der Waals surface area contributed by atoms with Gasteiger partial charge in [-0.1, -0.05) is 27.5 Å². The van der Waals surface area contributed by atoms with Crippen LogP contribution in [0.15, 0.2) is 22.7 Å². The fourth-order valence-electron chi connectivity index (χ4n) is 1.00. The predicted octanol–water partition coefficient (Wildman–Crippen LogP) is 3.17. The summed E-state index contributed by atoms with van der Waals surface area (Å²) in [5, 5.41) is 0.755. The van der Waals surface area contributed by atoms with Crippen molar-refractivity contribution >= 4 is 27.5 Å². The van der Waals surface area contributed by atoms with Gasteiger partial charge >= 0.3 is 0 Å². The summed E-state index contributed by atoms with van der Waals surface area (Å²) in [6, 6.07) is 5.83. The SMILES string of the molecule is Clc1cc(Br)cc(C2CO2)c1. The second-order valence-electron chi connectivity index (χ2n) is 2.52. The van der Waals surface area contributed by atoms with E-state index in [1.807, 2.05) is 18.2 Å². The molecule has 1 unspecified atom stereocenters. The number of ether oxygens (including phenoxy) is 1. The van der Waals surface area contributed by atoms with E-state index in [9.17, 15) is 0 Å². The van der Waals surface area contributed by atoms with Crippen molar-refractivity contribution in [1.82, 2.24) is 0 Å². The van der Waals surface area contributed by atoms with Crippen LogP contribution in [0.25, 0.3) is 0 Å². The molecule has 0 amide bonds. The Morgan fingerprint density at radius 1 is 1.45 bits per heavy atom. The zero-order chi connectivity index (χ0) is 7.84. The first kappa shape index (κ1) is 7.59. The lowest BCUT2D eigenvalue weighted by molar-refractivity contribution is 0.415. The third-order valence-corrected chi connectivity index (χ3v) is 2.27. The molecule has 0 N–H and O–H groups in total. The van der Waals surface area contributed by atoms with Crippen molar-refractivity contribution in [1.29, 1.82) is 0 Å². The second kappa shape index (κ2) is 2.77. The van der Waals surface area contributed by atoms with Crippen LogP contribution < -0.4 is 0 Å². The van der Waals surface area contributed by atoms with Gasteiger partial charge in [0.25, 0.3) is 0 Å². The number of rotatable bonds is 1. The van der Waals surface area contributed by atoms with Crippen LogP contribution in [0.3, 0.4) is 0 Å². The van der Waals surface area contributed by atoms with Crippen LogP contribution in [0.5, 0.6) is 0 Å². The van der Waals surface area contributed by atoms with Crippen LogP contribution in [0.2, 0.25) is 5.02 Å². The van der Waals surface area contributed by atoms with Crippen LogP contribution in [0, 0.1) is 0 Å². The Morgan fingerprint density at radius 2 is 2.18 bits per heavy atom. The Bertz CT molecular complexity index is 263. The summed E-state index contributed by atoms with van der Waals surface area (Å²) >= 11 is 9.21. The Hall–Kier alpha value is -0.0500. The molecule has 58 valence electrons. The number of hydrogen-bond donors (Lipinski definition) is 0. The molecule has 11 heavy (non-hydrogen) atoms. The van der Waals surface area contributed by atoms with E-state index in [1.54, 1.807) is 0 Å². The molecule has 0 aromatic heterocycles. The van der Waals surface area contributed by atoms with E-state index in [2.05, 4.69) is 15.9 Å². The maximum Gasteiger partial charge on any atom is 0.106 e. The lowest BCUT2D eigenvalue weighted by Gasteiger charge is -1.97. The smallest absolute Gasteiger partial charge is 0.106 e. The molecule has 0 saturated carbocycles. The number of epoxide rings is 1. The molecule has 1 fully saturated rings. The molecule has 1 aromatic carbocycles. The summed E-state index contributed by atoms with van der Waals surface area (Å²) in [5.41, 5.74) is 1.16. The van der Waals surface area contributed by atoms with Crippen LogP contribution >= 0.6 is 27.5 Å². The molecule has 2 rings (SSSR count). The minimum absolute atomic E-state index is 0.282. The van der Waals surface area contributed by atoms with Gasteiger partial charge in [-0.05, 0) is 23.8 Å². The molecule has 1 atom stereocenters. The molecule has 0 bridgehead atoms. The van der Waals surface area contributed by atoms with E-state index in [0.29, 0.717) is 0 Å². The first-order chi connectivity index (χ1) is 5.25. The molecule has 1 heterocycles. The highest BCUT2D eigenvalue weighted by atomic mass is 79.9. The maximum absolute atomic E-state index is 5.84. The molecule has 1 aromatic rings. The van der Waals surface area contributed by atoms with Crippen molar-refractivity contribution in [3.05, 3.63) is 33.3 Å². The molecular weight excluding hydrogens is 227 g/mol. The van der Waals surface area contributed by atoms with Crippen molar-refractivity contribution in [2.24, 2.45) is 0 Å². The monoisotopic (exact) mass is 232 g/mol. The standard InChI is InChI=1S/C8H6BrClO/c9-6-1-5(8-4-11-8)2-7(10)3-6/h1-3,8H,4H2. The van der Waals surface area contributed by atoms with Crippen LogP contribution in [0.1, 0.15) is 11.7 Å². The number of halogens is 2. The van der Waals surface area contributed by atoms with E-state index >= 15 is 0 Å². The van der Waals surface area contributed by atoms with E-state index in [1.165, 1.54) is 0 Å². The lowest BCUT2D eigenvalue weighted by Crippen LogP contribution is -1.79. The Balaban J connectivity index is 2.39. The number of hydrogen-bond acceptors (Lipinski definition) is 1. The van der Waals surface area contributed by atoms with Gasteiger partial charge in [0, 0.05) is 9.50 Å². The highest BCUT2D eigenvalue weighted by Crippen LogP contribution is 2.33. The van der Waals surface area contributed by atoms with Gasteiger partial charge in [-0.15, -0.1) is 0 Å². The highest BCUT2D eigenvalue weighted by Gasteiger charge is 2.24. The van der Waals surface area contributed by atoms with E-state index in [-0.39, 0.29) is 6.10 Å². The van der Waals surface area contributed by atoms with Gasteiger partial charge in [0.2, 0.25) is 0 Å². The molecule has 1 saturated heterocycles. The van der Waals surface area contributed by atoms with Crippen molar-refractivity contribution in [3.8, 4) is 0 Å². The zero-order valence-corrected chi connectivity index (χ0v) is 8.02. The molecule has 0 spiro atoms. The quantitative estimate of drug-likeness (QED) is 0.679.